The van der Waals surface area contributed by atoms with Gasteiger partial charge in [0.1, 0.15) is 12.1 Å². The number of aromatic amines is 1. The van der Waals surface area contributed by atoms with Crippen LogP contribution in [0.15, 0.2) is 24.3 Å². The van der Waals surface area contributed by atoms with Gasteiger partial charge < -0.3 is 15.4 Å². The molecule has 32 heavy (non-hydrogen) atoms. The van der Waals surface area contributed by atoms with Gasteiger partial charge >= 0.3 is 12.3 Å². The molecule has 1 aliphatic heterocycles. The van der Waals surface area contributed by atoms with Crippen molar-refractivity contribution in [3.05, 3.63) is 41.1 Å². The normalized spacial score (nSPS) is 22.9. The molecule has 0 radical (unpaired) electrons. The number of carbonyl (C=O) groups is 1. The molecule has 0 unspecified atom stereocenters. The summed E-state index contributed by atoms with van der Waals surface area (Å²) >= 11 is 0. The van der Waals surface area contributed by atoms with E-state index >= 15 is 0 Å². The third-order valence-electron chi connectivity index (χ3n) is 5.75. The first kappa shape index (κ1) is 22.4. The van der Waals surface area contributed by atoms with Crippen LogP contribution < -0.4 is 10.6 Å². The van der Waals surface area contributed by atoms with Crippen LogP contribution in [-0.4, -0.2) is 43.0 Å². The molecule has 1 aromatic carbocycles. The van der Waals surface area contributed by atoms with E-state index in [-0.39, 0.29) is 17.4 Å². The van der Waals surface area contributed by atoms with Crippen LogP contribution in [0.25, 0.3) is 0 Å². The van der Waals surface area contributed by atoms with E-state index in [0.717, 1.165) is 29.4 Å². The van der Waals surface area contributed by atoms with E-state index < -0.39 is 34.3 Å². The van der Waals surface area contributed by atoms with Gasteiger partial charge in [-0.15, -0.1) is 0 Å². The van der Waals surface area contributed by atoms with E-state index in [0.29, 0.717) is 25.1 Å². The molecule has 0 spiro atoms. The second kappa shape index (κ2) is 8.30. The second-order valence-corrected chi connectivity index (χ2v) is 10.4. The average molecular weight is 472 g/mol. The molecule has 3 atom stereocenters. The van der Waals surface area contributed by atoms with Crippen molar-refractivity contribution in [3.63, 3.8) is 0 Å². The molecule has 1 saturated carbocycles. The van der Waals surface area contributed by atoms with Gasteiger partial charge in [-0.1, -0.05) is 6.07 Å². The number of hydrogen-bond acceptors (Lipinski definition) is 6. The third-order valence-corrected chi connectivity index (χ3v) is 7.25. The first-order chi connectivity index (χ1) is 15.0. The van der Waals surface area contributed by atoms with E-state index in [1.807, 2.05) is 6.07 Å². The lowest BCUT2D eigenvalue weighted by molar-refractivity contribution is -0.150. The van der Waals surface area contributed by atoms with Gasteiger partial charge in [0.05, 0.1) is 11.5 Å². The van der Waals surface area contributed by atoms with Crippen molar-refractivity contribution in [1.82, 2.24) is 15.5 Å². The molecule has 1 fully saturated rings. The number of alkyl carbamates (subject to hydrolysis) is 1. The summed E-state index contributed by atoms with van der Waals surface area (Å²) in [4.78, 5) is 11.7. The molecule has 1 amide bonds. The van der Waals surface area contributed by atoms with Crippen LogP contribution in [-0.2, 0) is 26.1 Å². The van der Waals surface area contributed by atoms with Crippen molar-refractivity contribution in [2.45, 2.75) is 61.9 Å². The number of fused-ring (bicyclic) bond motifs is 1. The summed E-state index contributed by atoms with van der Waals surface area (Å²) in [5, 5.41) is 12.1. The van der Waals surface area contributed by atoms with E-state index in [9.17, 15) is 26.4 Å². The quantitative estimate of drug-likeness (QED) is 0.609. The number of anilines is 2. The number of benzene rings is 1. The van der Waals surface area contributed by atoms with Crippen molar-refractivity contribution in [2.75, 3.05) is 5.32 Å². The van der Waals surface area contributed by atoms with Gasteiger partial charge in [-0.3, -0.25) is 5.10 Å². The fourth-order valence-corrected chi connectivity index (χ4v) is 5.64. The largest absolute Gasteiger partial charge is 0.446 e. The van der Waals surface area contributed by atoms with Crippen molar-refractivity contribution in [2.24, 2.45) is 0 Å². The van der Waals surface area contributed by atoms with Crippen LogP contribution in [0.2, 0.25) is 0 Å². The number of rotatable bonds is 5. The van der Waals surface area contributed by atoms with E-state index in [1.165, 1.54) is 0 Å². The van der Waals surface area contributed by atoms with Gasteiger partial charge in [0.2, 0.25) is 0 Å². The van der Waals surface area contributed by atoms with Crippen LogP contribution in [0, 0.1) is 0 Å². The Bertz CT molecular complexity index is 1120. The molecule has 3 N–H and O–H groups in total. The lowest BCUT2D eigenvalue weighted by atomic mass is 10.0. The van der Waals surface area contributed by atoms with E-state index in [2.05, 4.69) is 15.5 Å². The SMILES string of the molecule is C[C@@H](NC(=O)O[C@H]1CC[C@@H](c2cc(Nc3ccc4c(c3)CS(=O)(=O)C4)n[nH]2)C1)C(F)(F)F. The maximum Gasteiger partial charge on any atom is 0.408 e. The van der Waals surface area contributed by atoms with Crippen molar-refractivity contribution >= 4 is 27.4 Å². The Morgan fingerprint density at radius 2 is 1.97 bits per heavy atom. The summed E-state index contributed by atoms with van der Waals surface area (Å²) in [5.41, 5.74) is 3.14. The minimum Gasteiger partial charge on any atom is -0.446 e. The summed E-state index contributed by atoms with van der Waals surface area (Å²) in [6.07, 6.45) is -4.36. The zero-order chi connectivity index (χ0) is 23.1. The number of amides is 1. The van der Waals surface area contributed by atoms with Gasteiger partial charge in [-0.25, -0.2) is 13.2 Å². The summed E-state index contributed by atoms with van der Waals surface area (Å²) in [6, 6.07) is 5.23. The van der Waals surface area contributed by atoms with Crippen molar-refractivity contribution in [3.8, 4) is 0 Å². The molecule has 0 bridgehead atoms. The highest BCUT2D eigenvalue weighted by molar-refractivity contribution is 7.90. The van der Waals surface area contributed by atoms with Crippen molar-refractivity contribution in [1.29, 1.82) is 0 Å². The third kappa shape index (κ3) is 5.17. The maximum absolute atomic E-state index is 12.6. The number of halogens is 3. The van der Waals surface area contributed by atoms with E-state index in [4.69, 9.17) is 4.74 Å². The first-order valence-electron chi connectivity index (χ1n) is 10.2. The number of H-pyrrole nitrogens is 1. The van der Waals surface area contributed by atoms with E-state index in [1.54, 1.807) is 23.5 Å². The minimum absolute atomic E-state index is 0.0288. The van der Waals surface area contributed by atoms with Crippen LogP contribution in [0.1, 0.15) is 48.9 Å². The number of alkyl halides is 3. The number of nitrogens with zero attached hydrogens (tertiary/aromatic N) is 1. The average Bonchev–Trinajstić information content (AvgIpc) is 3.38. The summed E-state index contributed by atoms with van der Waals surface area (Å²) in [7, 11) is -3.08. The standard InChI is InChI=1S/C20H23F3N4O4S/c1-11(20(21,22)23)24-19(28)31-16-5-3-12(7-16)17-8-18(27-26-17)25-15-4-2-13-9-32(29,30)10-14(13)6-15/h2,4,6,8,11-12,16H,3,5,7,9-10H2,1H3,(H,24,28)(H2,25,26,27)/t11-,12-,16+/m1/s1. The number of nitrogens with one attached hydrogen (secondary N) is 3. The Balaban J connectivity index is 1.32. The summed E-state index contributed by atoms with van der Waals surface area (Å²) < 4.78 is 66.3. The van der Waals surface area contributed by atoms with Crippen LogP contribution in [0.3, 0.4) is 0 Å². The van der Waals surface area contributed by atoms with Gasteiger partial charge in [0.15, 0.2) is 15.7 Å². The monoisotopic (exact) mass is 472 g/mol. The molecule has 4 rings (SSSR count). The molecule has 8 nitrogen and oxygen atoms in total. The number of carbonyl (C=O) groups excluding carboxylic acids is 1. The van der Waals surface area contributed by atoms with Gasteiger partial charge in [-0.05, 0) is 49.4 Å². The Morgan fingerprint density at radius 3 is 2.72 bits per heavy atom. The van der Waals surface area contributed by atoms with Gasteiger partial charge in [-0.2, -0.15) is 18.3 Å². The smallest absolute Gasteiger partial charge is 0.408 e. The number of aromatic nitrogens is 2. The molecular weight excluding hydrogens is 449 g/mol. The van der Waals surface area contributed by atoms with Crippen LogP contribution >= 0.6 is 0 Å². The molecule has 0 saturated heterocycles. The van der Waals surface area contributed by atoms with Crippen molar-refractivity contribution < 1.29 is 31.1 Å². The predicted molar refractivity (Wildman–Crippen MR) is 110 cm³/mol. The lowest BCUT2D eigenvalue weighted by Crippen LogP contribution is -2.44. The highest BCUT2D eigenvalue weighted by Crippen LogP contribution is 2.36. The Kier molecular flexibility index (Phi) is 5.82. The van der Waals surface area contributed by atoms with Gasteiger partial charge in [0, 0.05) is 23.4 Å². The lowest BCUT2D eigenvalue weighted by Gasteiger charge is -2.19. The second-order valence-electron chi connectivity index (χ2n) is 8.29. The Hall–Kier alpha value is -2.76. The van der Waals surface area contributed by atoms with Gasteiger partial charge in [0.25, 0.3) is 0 Å². The number of ether oxygens (including phenoxy) is 1. The summed E-state index contributed by atoms with van der Waals surface area (Å²) in [5.74, 6) is 0.679. The maximum atomic E-state index is 12.6. The number of sulfone groups is 1. The zero-order valence-electron chi connectivity index (χ0n) is 17.2. The zero-order valence-corrected chi connectivity index (χ0v) is 18.0. The molecule has 174 valence electrons. The molecule has 2 heterocycles. The van der Waals surface area contributed by atoms with Crippen LogP contribution in [0.4, 0.5) is 29.5 Å². The highest BCUT2D eigenvalue weighted by atomic mass is 32.2. The fourth-order valence-electron chi connectivity index (χ4n) is 4.04. The molecule has 2 aromatic rings. The molecular formula is C20H23F3N4O4S. The topological polar surface area (TPSA) is 113 Å². The highest BCUT2D eigenvalue weighted by Gasteiger charge is 2.38. The molecule has 2 aliphatic rings. The first-order valence-corrected chi connectivity index (χ1v) is 12.0. The Morgan fingerprint density at radius 1 is 1.22 bits per heavy atom. The predicted octanol–water partition coefficient (Wildman–Crippen LogP) is 3.89. The van der Waals surface area contributed by atoms with Crippen LogP contribution in [0.5, 0.6) is 0 Å². The Labute approximate surface area is 182 Å². The molecule has 12 heteroatoms. The number of hydrogen-bond donors (Lipinski definition) is 3. The fraction of sp³-hybridized carbons (Fsp3) is 0.500. The molecule has 1 aliphatic carbocycles. The summed E-state index contributed by atoms with van der Waals surface area (Å²) in [6.45, 7) is 0.859. The minimum atomic E-state index is -4.52. The molecule has 1 aromatic heterocycles.